The number of aromatic nitrogens is 2. The number of carbonyl (C=O) groups excluding carboxylic acids is 1. The average molecular weight is 467 g/mol. The number of ether oxygens (including phenoxy) is 1. The van der Waals surface area contributed by atoms with Crippen LogP contribution in [0.4, 0.5) is 10.2 Å². The van der Waals surface area contributed by atoms with E-state index in [-0.39, 0.29) is 18.7 Å². The first-order chi connectivity index (χ1) is 16.4. The molecule has 0 atom stereocenters. The van der Waals surface area contributed by atoms with Crippen LogP contribution >= 0.6 is 0 Å². The van der Waals surface area contributed by atoms with Crippen LogP contribution in [0, 0.1) is 0 Å². The van der Waals surface area contributed by atoms with E-state index >= 15 is 4.39 Å². The Morgan fingerprint density at radius 3 is 2.62 bits per heavy atom. The lowest BCUT2D eigenvalue weighted by Crippen LogP contribution is -2.57. The molecular formula is C25H31FN6O2. The van der Waals surface area contributed by atoms with E-state index in [2.05, 4.69) is 19.9 Å². The third-order valence-corrected chi connectivity index (χ3v) is 7.38. The quantitative estimate of drug-likeness (QED) is 0.747. The van der Waals surface area contributed by atoms with E-state index in [9.17, 15) is 4.79 Å². The van der Waals surface area contributed by atoms with Crippen LogP contribution in [-0.4, -0.2) is 75.9 Å². The predicted molar refractivity (Wildman–Crippen MR) is 127 cm³/mol. The second kappa shape index (κ2) is 8.94. The van der Waals surface area contributed by atoms with Crippen LogP contribution in [0.2, 0.25) is 0 Å². The lowest BCUT2D eigenvalue weighted by atomic mass is 9.82. The fourth-order valence-electron chi connectivity index (χ4n) is 5.34. The Labute approximate surface area is 199 Å². The maximum Gasteiger partial charge on any atom is 0.260 e. The number of rotatable bonds is 3. The first kappa shape index (κ1) is 22.7. The smallest absolute Gasteiger partial charge is 0.260 e. The summed E-state index contributed by atoms with van der Waals surface area (Å²) in [6.45, 7) is 2.71. The van der Waals surface area contributed by atoms with Gasteiger partial charge < -0.3 is 15.4 Å². The Hall–Kier alpha value is -3.07. The number of hydrogen-bond donors (Lipinski definition) is 1. The van der Waals surface area contributed by atoms with Gasteiger partial charge in [0.05, 0.1) is 5.71 Å². The van der Waals surface area contributed by atoms with Gasteiger partial charge in [-0.05, 0) is 29.8 Å². The van der Waals surface area contributed by atoms with Gasteiger partial charge in [-0.15, -0.1) is 0 Å². The van der Waals surface area contributed by atoms with E-state index in [1.807, 2.05) is 24.3 Å². The molecule has 1 amide bonds. The Morgan fingerprint density at radius 1 is 1.15 bits per heavy atom. The van der Waals surface area contributed by atoms with Crippen LogP contribution in [0.5, 0.6) is 5.75 Å². The zero-order valence-corrected chi connectivity index (χ0v) is 19.5. The van der Waals surface area contributed by atoms with Gasteiger partial charge >= 0.3 is 0 Å². The number of pyridine rings is 2. The molecule has 34 heavy (non-hydrogen) atoms. The molecule has 180 valence electrons. The van der Waals surface area contributed by atoms with Crippen LogP contribution in [-0.2, 0) is 11.3 Å². The van der Waals surface area contributed by atoms with E-state index in [1.54, 1.807) is 24.3 Å². The molecule has 2 saturated heterocycles. The Bertz CT molecular complexity index is 1090. The SMILES string of the molecule is C/N=C1/CC2(CCN(C(=O)C3(F)CCN(Cc4ccnc(N)c4)CC3)CC2)Oc2cccnc21. The minimum atomic E-state index is -1.81. The maximum absolute atomic E-state index is 15.8. The van der Waals surface area contributed by atoms with Gasteiger partial charge in [-0.25, -0.2) is 9.37 Å². The third-order valence-electron chi connectivity index (χ3n) is 7.38. The summed E-state index contributed by atoms with van der Waals surface area (Å²) in [4.78, 5) is 29.9. The van der Waals surface area contributed by atoms with Crippen molar-refractivity contribution in [1.29, 1.82) is 0 Å². The van der Waals surface area contributed by atoms with Crippen LogP contribution in [0.25, 0.3) is 0 Å². The van der Waals surface area contributed by atoms with E-state index in [4.69, 9.17) is 10.5 Å². The summed E-state index contributed by atoms with van der Waals surface area (Å²) in [5.41, 5.74) is 6.30. The van der Waals surface area contributed by atoms with Crippen molar-refractivity contribution in [3.63, 3.8) is 0 Å². The predicted octanol–water partition coefficient (Wildman–Crippen LogP) is 2.63. The lowest BCUT2D eigenvalue weighted by molar-refractivity contribution is -0.151. The first-order valence-electron chi connectivity index (χ1n) is 11.9. The molecule has 9 heteroatoms. The molecule has 3 aliphatic heterocycles. The molecule has 2 N–H and O–H groups in total. The number of nitrogens with two attached hydrogens (primary N) is 1. The molecule has 0 aromatic carbocycles. The molecule has 5 rings (SSSR count). The largest absolute Gasteiger partial charge is 0.484 e. The minimum Gasteiger partial charge on any atom is -0.484 e. The van der Waals surface area contributed by atoms with Gasteiger partial charge in [-0.3, -0.25) is 19.7 Å². The molecular weight excluding hydrogens is 435 g/mol. The van der Waals surface area contributed by atoms with Crippen LogP contribution < -0.4 is 10.5 Å². The van der Waals surface area contributed by atoms with Crippen molar-refractivity contribution in [1.82, 2.24) is 19.8 Å². The molecule has 0 unspecified atom stereocenters. The molecule has 1 spiro atoms. The van der Waals surface area contributed by atoms with Gasteiger partial charge in [0.15, 0.2) is 5.67 Å². The van der Waals surface area contributed by atoms with Crippen molar-refractivity contribution in [3.05, 3.63) is 47.9 Å². The molecule has 0 saturated carbocycles. The van der Waals surface area contributed by atoms with Gasteiger partial charge in [0.25, 0.3) is 5.91 Å². The molecule has 0 radical (unpaired) electrons. The van der Waals surface area contributed by atoms with Gasteiger partial charge in [-0.1, -0.05) is 0 Å². The van der Waals surface area contributed by atoms with E-state index in [0.29, 0.717) is 57.8 Å². The highest BCUT2D eigenvalue weighted by atomic mass is 19.1. The fraction of sp³-hybridized carbons (Fsp3) is 0.520. The number of likely N-dealkylation sites (tertiary alicyclic amines) is 2. The minimum absolute atomic E-state index is 0.205. The molecule has 0 aliphatic carbocycles. The fourth-order valence-corrected chi connectivity index (χ4v) is 5.34. The zero-order chi connectivity index (χ0) is 23.8. The summed E-state index contributed by atoms with van der Waals surface area (Å²) in [6, 6.07) is 7.52. The van der Waals surface area contributed by atoms with Gasteiger partial charge in [0.1, 0.15) is 22.9 Å². The van der Waals surface area contributed by atoms with E-state index in [0.717, 1.165) is 22.7 Å². The summed E-state index contributed by atoms with van der Waals surface area (Å²) in [6.07, 6.45) is 5.79. The summed E-state index contributed by atoms with van der Waals surface area (Å²) < 4.78 is 22.1. The van der Waals surface area contributed by atoms with Gasteiger partial charge in [0.2, 0.25) is 0 Å². The highest BCUT2D eigenvalue weighted by Gasteiger charge is 2.48. The number of hydrogen-bond acceptors (Lipinski definition) is 7. The summed E-state index contributed by atoms with van der Waals surface area (Å²) in [5, 5.41) is 0. The van der Waals surface area contributed by atoms with Gasteiger partial charge in [-0.2, -0.15) is 0 Å². The Kier molecular flexibility index (Phi) is 5.97. The third kappa shape index (κ3) is 4.36. The zero-order valence-electron chi connectivity index (χ0n) is 19.5. The van der Waals surface area contributed by atoms with Crippen molar-refractivity contribution >= 4 is 17.4 Å². The highest BCUT2D eigenvalue weighted by molar-refractivity contribution is 6.02. The van der Waals surface area contributed by atoms with Crippen molar-refractivity contribution in [3.8, 4) is 5.75 Å². The maximum atomic E-state index is 15.8. The normalized spacial score (nSPS) is 22.9. The topological polar surface area (TPSA) is 96.9 Å². The number of aliphatic imine (C=N–C) groups is 1. The molecule has 8 nitrogen and oxygen atoms in total. The summed E-state index contributed by atoms with van der Waals surface area (Å²) >= 11 is 0. The number of nitrogen functional groups attached to an aromatic ring is 1. The number of alkyl halides is 1. The lowest BCUT2D eigenvalue weighted by Gasteiger charge is -2.46. The van der Waals surface area contributed by atoms with Crippen LogP contribution in [0.15, 0.2) is 41.7 Å². The second-order valence-electron chi connectivity index (χ2n) is 9.60. The number of nitrogens with zero attached hydrogens (tertiary/aromatic N) is 5. The second-order valence-corrected chi connectivity index (χ2v) is 9.60. The van der Waals surface area contributed by atoms with Crippen molar-refractivity contribution in [2.24, 2.45) is 4.99 Å². The molecule has 2 fully saturated rings. The summed E-state index contributed by atoms with van der Waals surface area (Å²) in [7, 11) is 1.77. The first-order valence-corrected chi connectivity index (χ1v) is 11.9. The number of amides is 1. The van der Waals surface area contributed by atoms with Gasteiger partial charge in [0, 0.05) is 84.3 Å². The molecule has 0 bridgehead atoms. The Morgan fingerprint density at radius 2 is 1.91 bits per heavy atom. The number of anilines is 1. The summed E-state index contributed by atoms with van der Waals surface area (Å²) in [5.74, 6) is 0.836. The van der Waals surface area contributed by atoms with Crippen LogP contribution in [0.1, 0.15) is 43.4 Å². The molecule has 3 aliphatic rings. The van der Waals surface area contributed by atoms with Crippen molar-refractivity contribution in [2.45, 2.75) is 49.9 Å². The number of halogens is 1. The van der Waals surface area contributed by atoms with Crippen molar-refractivity contribution < 1.29 is 13.9 Å². The number of fused-ring (bicyclic) bond motifs is 1. The highest BCUT2D eigenvalue weighted by Crippen LogP contribution is 2.40. The number of piperidine rings is 2. The van der Waals surface area contributed by atoms with E-state index in [1.165, 1.54) is 0 Å². The average Bonchev–Trinajstić information content (AvgIpc) is 2.85. The van der Waals surface area contributed by atoms with Crippen LogP contribution in [0.3, 0.4) is 0 Å². The van der Waals surface area contributed by atoms with E-state index < -0.39 is 11.3 Å². The Balaban J connectivity index is 1.18. The standard InChI is InChI=1S/C25H31FN6O2/c1-28-19-16-24(34-20-3-2-9-30-22(19)20)5-13-32(14-6-24)23(33)25(26)7-11-31(12-8-25)17-18-4-10-29-21(27)15-18/h2-4,9-10,15H,5-8,11-14,16-17H2,1H3,(H2,27,29)/b28-19-. The monoisotopic (exact) mass is 466 g/mol. The molecule has 5 heterocycles. The molecule has 2 aromatic heterocycles. The van der Waals surface area contributed by atoms with Crippen molar-refractivity contribution in [2.75, 3.05) is 39.0 Å². The molecule has 2 aromatic rings. The number of carbonyl (C=O) groups is 1.